The van der Waals surface area contributed by atoms with E-state index in [1.54, 1.807) is 6.26 Å². The van der Waals surface area contributed by atoms with Crippen molar-refractivity contribution in [1.82, 2.24) is 0 Å². The largest absolute Gasteiger partial charge is 0.466 e. The lowest BCUT2D eigenvalue weighted by Gasteiger charge is -2.07. The van der Waals surface area contributed by atoms with E-state index in [0.717, 1.165) is 18.8 Å². The molecule has 13 heavy (non-hydrogen) atoms. The molecule has 1 aromatic rings. The molecule has 0 N–H and O–H groups in total. The van der Waals surface area contributed by atoms with E-state index < -0.39 is 0 Å². The standard InChI is InChI=1S/C11H16O2/c1-2-3-4-7-11(9-13-11)10-6-5-8-12-10/h5-6,8H,2-4,7,9H2,1H3. The van der Waals surface area contributed by atoms with Crippen LogP contribution in [0, 0.1) is 0 Å². The Morgan fingerprint density at radius 3 is 2.85 bits per heavy atom. The van der Waals surface area contributed by atoms with Crippen molar-refractivity contribution in [3.8, 4) is 0 Å². The molecule has 0 amide bonds. The summed E-state index contributed by atoms with van der Waals surface area (Å²) in [5, 5.41) is 0. The lowest BCUT2D eigenvalue weighted by atomic mass is 10.00. The maximum atomic E-state index is 5.49. The molecule has 2 heteroatoms. The second-order valence-electron chi connectivity index (χ2n) is 3.72. The summed E-state index contributed by atoms with van der Waals surface area (Å²) in [5.74, 6) is 1.00. The van der Waals surface area contributed by atoms with E-state index in [4.69, 9.17) is 9.15 Å². The zero-order valence-corrected chi connectivity index (χ0v) is 8.08. The molecule has 2 rings (SSSR count). The minimum atomic E-state index is -0.0430. The van der Waals surface area contributed by atoms with Crippen LogP contribution >= 0.6 is 0 Å². The fraction of sp³-hybridized carbons (Fsp3) is 0.636. The van der Waals surface area contributed by atoms with Gasteiger partial charge in [-0.3, -0.25) is 0 Å². The summed E-state index contributed by atoms with van der Waals surface area (Å²) >= 11 is 0. The minimum absolute atomic E-state index is 0.0430. The van der Waals surface area contributed by atoms with E-state index in [-0.39, 0.29) is 5.60 Å². The Bertz CT molecular complexity index is 247. The summed E-state index contributed by atoms with van der Waals surface area (Å²) < 4.78 is 10.9. The molecule has 0 spiro atoms. The van der Waals surface area contributed by atoms with Gasteiger partial charge < -0.3 is 9.15 Å². The van der Waals surface area contributed by atoms with Crippen molar-refractivity contribution in [3.05, 3.63) is 24.2 Å². The van der Waals surface area contributed by atoms with Gasteiger partial charge in [0.1, 0.15) is 11.4 Å². The molecule has 2 heterocycles. The van der Waals surface area contributed by atoms with Gasteiger partial charge in [0.25, 0.3) is 0 Å². The predicted octanol–water partition coefficient (Wildman–Crippen LogP) is 3.09. The fourth-order valence-electron chi connectivity index (χ4n) is 1.70. The van der Waals surface area contributed by atoms with E-state index >= 15 is 0 Å². The van der Waals surface area contributed by atoms with Gasteiger partial charge in [0.15, 0.2) is 0 Å². The van der Waals surface area contributed by atoms with Gasteiger partial charge >= 0.3 is 0 Å². The number of ether oxygens (including phenoxy) is 1. The summed E-state index contributed by atoms with van der Waals surface area (Å²) in [6.45, 7) is 3.05. The molecule has 0 aromatic carbocycles. The molecule has 0 aliphatic carbocycles. The van der Waals surface area contributed by atoms with Crippen LogP contribution in [0.4, 0.5) is 0 Å². The van der Waals surface area contributed by atoms with Crippen LogP contribution in [-0.4, -0.2) is 6.61 Å². The zero-order valence-electron chi connectivity index (χ0n) is 8.08. The monoisotopic (exact) mass is 180 g/mol. The van der Waals surface area contributed by atoms with Crippen molar-refractivity contribution in [3.63, 3.8) is 0 Å². The Kier molecular flexibility index (Phi) is 2.40. The maximum Gasteiger partial charge on any atom is 0.149 e. The van der Waals surface area contributed by atoms with Crippen LogP contribution < -0.4 is 0 Å². The quantitative estimate of drug-likeness (QED) is 0.514. The number of epoxide rings is 1. The van der Waals surface area contributed by atoms with Crippen molar-refractivity contribution in [2.75, 3.05) is 6.61 Å². The molecule has 1 unspecified atom stereocenters. The third kappa shape index (κ3) is 1.78. The minimum Gasteiger partial charge on any atom is -0.466 e. The van der Waals surface area contributed by atoms with Crippen molar-refractivity contribution >= 4 is 0 Å². The third-order valence-corrected chi connectivity index (χ3v) is 2.65. The summed E-state index contributed by atoms with van der Waals surface area (Å²) in [7, 11) is 0. The van der Waals surface area contributed by atoms with E-state index in [1.165, 1.54) is 19.3 Å². The first-order chi connectivity index (χ1) is 6.37. The lowest BCUT2D eigenvalue weighted by molar-refractivity contribution is 0.247. The zero-order chi connectivity index (χ0) is 9.15. The highest BCUT2D eigenvalue weighted by atomic mass is 16.6. The second-order valence-corrected chi connectivity index (χ2v) is 3.72. The van der Waals surface area contributed by atoms with Gasteiger partial charge in [0.05, 0.1) is 12.9 Å². The molecule has 0 saturated carbocycles. The average molecular weight is 180 g/mol. The van der Waals surface area contributed by atoms with Gasteiger partial charge in [-0.1, -0.05) is 26.2 Å². The first-order valence-electron chi connectivity index (χ1n) is 5.05. The number of furan rings is 1. The summed E-state index contributed by atoms with van der Waals surface area (Å²) in [6.07, 6.45) is 6.60. The molecule has 0 bridgehead atoms. The molecule has 1 fully saturated rings. The number of unbranched alkanes of at least 4 members (excludes halogenated alkanes) is 2. The highest BCUT2D eigenvalue weighted by molar-refractivity contribution is 5.15. The lowest BCUT2D eigenvalue weighted by Crippen LogP contribution is -2.06. The Balaban J connectivity index is 1.90. The summed E-state index contributed by atoms with van der Waals surface area (Å²) in [4.78, 5) is 0. The molecule has 2 nitrogen and oxygen atoms in total. The van der Waals surface area contributed by atoms with Gasteiger partial charge in [-0.2, -0.15) is 0 Å². The first kappa shape index (κ1) is 8.82. The number of rotatable bonds is 5. The number of hydrogen-bond acceptors (Lipinski definition) is 2. The van der Waals surface area contributed by atoms with Gasteiger partial charge in [-0.25, -0.2) is 0 Å². The van der Waals surface area contributed by atoms with Crippen molar-refractivity contribution in [2.45, 2.75) is 38.2 Å². The first-order valence-corrected chi connectivity index (χ1v) is 5.05. The molecular weight excluding hydrogens is 164 g/mol. The SMILES string of the molecule is CCCCCC1(c2ccco2)CO1. The Labute approximate surface area is 78.9 Å². The Hall–Kier alpha value is -0.760. The highest BCUT2D eigenvalue weighted by Crippen LogP contribution is 2.43. The van der Waals surface area contributed by atoms with Crippen LogP contribution in [0.3, 0.4) is 0 Å². The van der Waals surface area contributed by atoms with Crippen LogP contribution in [0.25, 0.3) is 0 Å². The molecule has 1 atom stereocenters. The van der Waals surface area contributed by atoms with Gasteiger partial charge in [-0.05, 0) is 18.6 Å². The fourth-order valence-corrected chi connectivity index (χ4v) is 1.70. The van der Waals surface area contributed by atoms with E-state index in [2.05, 4.69) is 6.92 Å². The Morgan fingerprint density at radius 2 is 2.31 bits per heavy atom. The third-order valence-electron chi connectivity index (χ3n) is 2.65. The molecule has 1 aromatic heterocycles. The average Bonchev–Trinajstić information content (AvgIpc) is 2.74. The van der Waals surface area contributed by atoms with Crippen LogP contribution in [-0.2, 0) is 10.3 Å². The molecule has 1 aliphatic rings. The molecule has 72 valence electrons. The second kappa shape index (κ2) is 3.54. The van der Waals surface area contributed by atoms with Crippen molar-refractivity contribution < 1.29 is 9.15 Å². The molecule has 1 aliphatic heterocycles. The highest BCUT2D eigenvalue weighted by Gasteiger charge is 2.48. The molecular formula is C11H16O2. The number of hydrogen-bond donors (Lipinski definition) is 0. The maximum absolute atomic E-state index is 5.49. The summed E-state index contributed by atoms with van der Waals surface area (Å²) in [6, 6.07) is 3.94. The van der Waals surface area contributed by atoms with Crippen LogP contribution in [0.1, 0.15) is 38.4 Å². The Morgan fingerprint density at radius 1 is 1.46 bits per heavy atom. The van der Waals surface area contributed by atoms with E-state index in [1.807, 2.05) is 12.1 Å². The normalized spacial score (nSPS) is 26.2. The van der Waals surface area contributed by atoms with Gasteiger partial charge in [-0.15, -0.1) is 0 Å². The topological polar surface area (TPSA) is 25.7 Å². The van der Waals surface area contributed by atoms with E-state index in [9.17, 15) is 0 Å². The predicted molar refractivity (Wildman–Crippen MR) is 50.5 cm³/mol. The summed E-state index contributed by atoms with van der Waals surface area (Å²) in [5.41, 5.74) is -0.0430. The van der Waals surface area contributed by atoms with Gasteiger partial charge in [0.2, 0.25) is 0 Å². The smallest absolute Gasteiger partial charge is 0.149 e. The van der Waals surface area contributed by atoms with Crippen molar-refractivity contribution in [1.29, 1.82) is 0 Å². The van der Waals surface area contributed by atoms with Gasteiger partial charge in [0, 0.05) is 0 Å². The molecule has 1 saturated heterocycles. The van der Waals surface area contributed by atoms with Crippen LogP contribution in [0.2, 0.25) is 0 Å². The molecule has 0 radical (unpaired) electrons. The van der Waals surface area contributed by atoms with Crippen molar-refractivity contribution in [2.24, 2.45) is 0 Å². The van der Waals surface area contributed by atoms with Crippen LogP contribution in [0.15, 0.2) is 22.8 Å². The van der Waals surface area contributed by atoms with E-state index in [0.29, 0.717) is 0 Å². The van der Waals surface area contributed by atoms with Crippen LogP contribution in [0.5, 0.6) is 0 Å².